The van der Waals surface area contributed by atoms with Gasteiger partial charge in [-0.25, -0.2) is 13.2 Å². The van der Waals surface area contributed by atoms with E-state index in [-0.39, 0.29) is 78.6 Å². The van der Waals surface area contributed by atoms with Gasteiger partial charge in [-0.2, -0.15) is 15.2 Å². The zero-order valence-corrected chi connectivity index (χ0v) is 28.3. The summed E-state index contributed by atoms with van der Waals surface area (Å²) >= 11 is 7.96. The van der Waals surface area contributed by atoms with Crippen LogP contribution in [0.4, 0.5) is 24.0 Å². The number of hydrogen-bond acceptors (Lipinski definition) is 11. The van der Waals surface area contributed by atoms with Gasteiger partial charge in [-0.05, 0) is 63.4 Å². The van der Waals surface area contributed by atoms with E-state index in [0.29, 0.717) is 25.3 Å². The second kappa shape index (κ2) is 12.3. The molecule has 0 spiro atoms. The smallest absolute Gasteiger partial charge is 0.319 e. The lowest BCUT2D eigenvalue weighted by atomic mass is 9.95. The number of alkyl halides is 1. The van der Waals surface area contributed by atoms with Crippen LogP contribution in [0.15, 0.2) is 12.1 Å². The van der Waals surface area contributed by atoms with Crippen LogP contribution >= 0.6 is 22.9 Å². The first-order valence-corrected chi connectivity index (χ1v) is 17.7. The maximum Gasteiger partial charge on any atom is 0.319 e. The molecule has 4 N–H and O–H groups in total. The average Bonchev–Trinajstić information content (AvgIpc) is 3.83. The van der Waals surface area contributed by atoms with Crippen LogP contribution in [0, 0.1) is 28.9 Å². The van der Waals surface area contributed by atoms with Gasteiger partial charge < -0.3 is 30.5 Å². The van der Waals surface area contributed by atoms with Crippen LogP contribution in [0.5, 0.6) is 11.8 Å². The topological polar surface area (TPSA) is 133 Å². The summed E-state index contributed by atoms with van der Waals surface area (Å²) in [6, 6.07) is 3.88. The molecule has 2 aromatic heterocycles. The van der Waals surface area contributed by atoms with Crippen molar-refractivity contribution in [2.75, 3.05) is 56.6 Å². The number of hydrogen-bond donors (Lipinski definition) is 3. The number of fused-ring (bicyclic) bond motifs is 2. The van der Waals surface area contributed by atoms with E-state index in [1.165, 1.54) is 12.1 Å². The molecule has 4 aromatic rings. The Balaban J connectivity index is 1.35. The summed E-state index contributed by atoms with van der Waals surface area (Å²) in [7, 11) is 0. The lowest BCUT2D eigenvalue weighted by molar-refractivity contribution is 0.107. The van der Waals surface area contributed by atoms with Crippen molar-refractivity contribution >= 4 is 54.7 Å². The van der Waals surface area contributed by atoms with Crippen molar-refractivity contribution in [1.29, 1.82) is 5.26 Å². The number of nitrogens with zero attached hydrogens (tertiary/aromatic N) is 5. The minimum atomic E-state index is -0.966. The van der Waals surface area contributed by atoms with Gasteiger partial charge in [-0.1, -0.05) is 17.7 Å². The van der Waals surface area contributed by atoms with E-state index < -0.39 is 35.5 Å². The van der Waals surface area contributed by atoms with Crippen LogP contribution in [-0.4, -0.2) is 89.8 Å². The van der Waals surface area contributed by atoms with Crippen molar-refractivity contribution in [1.82, 2.24) is 20.2 Å². The van der Waals surface area contributed by atoms with Crippen molar-refractivity contribution in [3.8, 4) is 29.0 Å². The molecule has 6 heterocycles. The summed E-state index contributed by atoms with van der Waals surface area (Å²) in [5.41, 5.74) is 5.48. The van der Waals surface area contributed by atoms with Crippen molar-refractivity contribution in [2.24, 2.45) is 5.92 Å². The van der Waals surface area contributed by atoms with Gasteiger partial charge in [-0.3, -0.25) is 4.90 Å². The largest absolute Gasteiger partial charge is 0.489 e. The number of anilines is 2. The highest BCUT2D eigenvalue weighted by Crippen LogP contribution is 2.51. The molecule has 4 aliphatic heterocycles. The number of nitrogens with two attached hydrogens (primary N) is 1. The van der Waals surface area contributed by atoms with Crippen molar-refractivity contribution in [3.63, 3.8) is 0 Å². The fourth-order valence-electron chi connectivity index (χ4n) is 8.22. The van der Waals surface area contributed by atoms with Crippen LogP contribution in [-0.2, 0) is 0 Å². The summed E-state index contributed by atoms with van der Waals surface area (Å²) < 4.78 is 59.6. The number of benzene rings is 2. The molecular weight excluding hydrogens is 679 g/mol. The molecule has 49 heavy (non-hydrogen) atoms. The van der Waals surface area contributed by atoms with Gasteiger partial charge in [0.25, 0.3) is 0 Å². The fourth-order valence-corrected chi connectivity index (χ4v) is 9.50. The summed E-state index contributed by atoms with van der Waals surface area (Å²) in [5.74, 6) is -0.837. The fraction of sp³-hybridized carbons (Fsp3) is 0.500. The third-order valence-corrected chi connectivity index (χ3v) is 12.0. The molecule has 5 atom stereocenters. The average molecular weight is 714 g/mol. The normalized spacial score (nSPS) is 25.8. The molecule has 8 rings (SSSR count). The zero-order valence-electron chi connectivity index (χ0n) is 26.7. The van der Waals surface area contributed by atoms with Crippen molar-refractivity contribution in [3.05, 3.63) is 34.4 Å². The van der Waals surface area contributed by atoms with Crippen LogP contribution in [0.2, 0.25) is 5.02 Å². The quantitative estimate of drug-likeness (QED) is 0.229. The highest BCUT2D eigenvalue weighted by molar-refractivity contribution is 7.23. The maximum atomic E-state index is 17.3. The number of halogens is 4. The molecule has 0 saturated carbocycles. The number of nitriles is 1. The van der Waals surface area contributed by atoms with E-state index in [1.54, 1.807) is 6.92 Å². The Morgan fingerprint density at radius 1 is 1.33 bits per heavy atom. The Bertz CT molecular complexity index is 2020. The highest BCUT2D eigenvalue weighted by atomic mass is 35.5. The van der Waals surface area contributed by atoms with Crippen LogP contribution in [0.25, 0.3) is 32.1 Å². The Kier molecular flexibility index (Phi) is 8.19. The Labute approximate surface area is 289 Å². The van der Waals surface area contributed by atoms with E-state index in [1.807, 2.05) is 11.0 Å². The predicted octanol–water partition coefficient (Wildman–Crippen LogP) is 5.41. The molecule has 0 bridgehead atoms. The van der Waals surface area contributed by atoms with E-state index in [9.17, 15) is 14.8 Å². The van der Waals surface area contributed by atoms with Crippen LogP contribution < -0.4 is 25.4 Å². The molecule has 15 heteroatoms. The molecular formula is C34H35ClF3N7O3S. The number of thiophene rings is 1. The van der Waals surface area contributed by atoms with E-state index >= 15 is 8.78 Å². The van der Waals surface area contributed by atoms with Gasteiger partial charge in [0.15, 0.2) is 11.6 Å². The van der Waals surface area contributed by atoms with Gasteiger partial charge in [-0.15, -0.1) is 11.3 Å². The number of ether oxygens (including phenoxy) is 2. The molecule has 0 amide bonds. The number of aliphatic hydroxyl groups is 1. The number of aromatic nitrogens is 2. The molecule has 258 valence electrons. The first-order chi connectivity index (χ1) is 23.6. The van der Waals surface area contributed by atoms with Gasteiger partial charge in [0.2, 0.25) is 0 Å². The summed E-state index contributed by atoms with van der Waals surface area (Å²) in [6.07, 6.45) is 1.06. The Morgan fingerprint density at radius 3 is 2.92 bits per heavy atom. The molecule has 3 fully saturated rings. The highest BCUT2D eigenvalue weighted by Gasteiger charge is 2.49. The molecule has 2 aromatic carbocycles. The maximum absolute atomic E-state index is 17.3. The lowest BCUT2D eigenvalue weighted by Crippen LogP contribution is -2.48. The Morgan fingerprint density at radius 2 is 2.16 bits per heavy atom. The first-order valence-electron chi connectivity index (χ1n) is 16.5. The molecule has 3 saturated heterocycles. The van der Waals surface area contributed by atoms with E-state index in [2.05, 4.69) is 15.2 Å². The standard InChI is InChI=1S/C34H35ClF3N7O3S/c1-16(46)22-14-47-29-25-28(27(38)24(26(29)35)19-3-4-21(37)30-23(19)20(10-39)31(40)49-30)42-33(43-32(25)45(22)12-17-5-7-41-11-17)48-15-34-6-2-8-44(34)13-18(36)9-34/h3-4,16-18,22,41,46H,2,5-9,11-15,40H2,1H3/t16?,17?,18-,22?,34+/m1/s1. The van der Waals surface area contributed by atoms with E-state index in [0.717, 1.165) is 50.2 Å². The SMILES string of the molecule is CC(O)C1COc2c(Cl)c(-c3ccc(F)c4sc(N)c(C#N)c34)c(F)c3nc(OC[C@@]45CCCN4C[C@H](F)C5)nc(c23)N1CC1CCNC1. The number of nitrogens with one attached hydrogen (secondary N) is 1. The Hall–Kier alpha value is -3.61. The summed E-state index contributed by atoms with van der Waals surface area (Å²) in [4.78, 5) is 13.5. The third kappa shape index (κ3) is 5.24. The molecule has 10 nitrogen and oxygen atoms in total. The van der Waals surface area contributed by atoms with Crippen LogP contribution in [0.3, 0.4) is 0 Å². The number of aliphatic hydroxyl groups excluding tert-OH is 1. The minimum absolute atomic E-state index is 0.00606. The zero-order chi connectivity index (χ0) is 34.2. The lowest BCUT2D eigenvalue weighted by Gasteiger charge is -2.35. The van der Waals surface area contributed by atoms with E-state index in [4.69, 9.17) is 31.8 Å². The molecule has 0 aliphatic carbocycles. The number of rotatable bonds is 7. The van der Waals surface area contributed by atoms with Gasteiger partial charge in [0.1, 0.15) is 47.6 Å². The van der Waals surface area contributed by atoms with Crippen LogP contribution in [0.1, 0.15) is 38.2 Å². The summed E-state index contributed by atoms with van der Waals surface area (Å²) in [6.45, 7) is 4.98. The second-order valence-corrected chi connectivity index (χ2v) is 15.1. The van der Waals surface area contributed by atoms with Crippen molar-refractivity contribution in [2.45, 2.75) is 56.5 Å². The molecule has 0 radical (unpaired) electrons. The van der Waals surface area contributed by atoms with Gasteiger partial charge >= 0.3 is 6.01 Å². The molecule has 4 aliphatic rings. The number of nitrogen functional groups attached to an aromatic ring is 1. The predicted molar refractivity (Wildman–Crippen MR) is 182 cm³/mol. The second-order valence-electron chi connectivity index (χ2n) is 13.6. The summed E-state index contributed by atoms with van der Waals surface area (Å²) in [5, 5.41) is 24.7. The minimum Gasteiger partial charge on any atom is -0.489 e. The van der Waals surface area contributed by atoms with Gasteiger partial charge in [0, 0.05) is 30.5 Å². The van der Waals surface area contributed by atoms with Gasteiger partial charge in [0.05, 0.1) is 38.4 Å². The van der Waals surface area contributed by atoms with Crippen molar-refractivity contribution < 1.29 is 27.8 Å². The monoisotopic (exact) mass is 713 g/mol. The third-order valence-electron chi connectivity index (χ3n) is 10.6. The molecule has 3 unspecified atom stereocenters. The first kappa shape index (κ1) is 32.6.